The third-order valence-electron chi connectivity index (χ3n) is 7.62. The van der Waals surface area contributed by atoms with E-state index < -0.39 is 22.6 Å². The predicted octanol–water partition coefficient (Wildman–Crippen LogP) is 4.61. The van der Waals surface area contributed by atoms with Gasteiger partial charge in [0.2, 0.25) is 5.91 Å². The Morgan fingerprint density at radius 2 is 2.03 bits per heavy atom. The SMILES string of the molecule is C=CCCCCOC(=O)[C@H]1[C@@H]2SC3(CC2Br)C(C(=O)N(CC=C)c2ccccc2Cl)N(CCCO)C(=O)[C@H]13. The first-order chi connectivity index (χ1) is 18.3. The van der Waals surface area contributed by atoms with E-state index in [4.69, 9.17) is 16.3 Å². The molecule has 2 bridgehead atoms. The van der Waals surface area contributed by atoms with E-state index in [2.05, 4.69) is 29.1 Å². The summed E-state index contributed by atoms with van der Waals surface area (Å²) in [5.41, 5.74) is 0.539. The van der Waals surface area contributed by atoms with Gasteiger partial charge in [-0.15, -0.1) is 24.9 Å². The summed E-state index contributed by atoms with van der Waals surface area (Å²) < 4.78 is 4.87. The maximum absolute atomic E-state index is 14.4. The van der Waals surface area contributed by atoms with Crippen molar-refractivity contribution in [3.05, 3.63) is 54.6 Å². The number of hydrogen-bond acceptors (Lipinski definition) is 6. The number of halogens is 2. The Labute approximate surface area is 241 Å². The van der Waals surface area contributed by atoms with Gasteiger partial charge in [0, 0.05) is 29.8 Å². The van der Waals surface area contributed by atoms with Crippen LogP contribution in [0, 0.1) is 11.8 Å². The molecule has 0 aromatic heterocycles. The van der Waals surface area contributed by atoms with E-state index in [0.29, 0.717) is 23.6 Å². The van der Waals surface area contributed by atoms with Crippen LogP contribution in [0.25, 0.3) is 0 Å². The standard InChI is InChI=1S/C28H34BrClN2O5S/c1-3-5-6-9-16-37-27(36)21-22-25(34)32(14-10-15-33)24(28(22)17-18(29)23(21)38-28)26(35)31(13-4-2)20-12-8-7-11-19(20)30/h3-4,7-8,11-12,18,21-24,33H,1-2,5-6,9-10,13-17H2/t18?,21-,22+,23-,24?,28?/m1/s1. The van der Waals surface area contributed by atoms with Crippen LogP contribution < -0.4 is 4.90 Å². The second-order valence-electron chi connectivity index (χ2n) is 9.91. The van der Waals surface area contributed by atoms with Gasteiger partial charge in [0.1, 0.15) is 6.04 Å². The first kappa shape index (κ1) is 29.2. The molecule has 0 saturated carbocycles. The van der Waals surface area contributed by atoms with Crippen LogP contribution in [0.2, 0.25) is 5.02 Å². The normalized spacial score (nSPS) is 29.3. The van der Waals surface area contributed by atoms with Gasteiger partial charge >= 0.3 is 5.97 Å². The van der Waals surface area contributed by atoms with Gasteiger partial charge in [-0.1, -0.05) is 51.8 Å². The number of carbonyl (C=O) groups is 3. The summed E-state index contributed by atoms with van der Waals surface area (Å²) in [6.07, 6.45) is 6.81. The number of unbranched alkanes of at least 4 members (excludes halogenated alkanes) is 2. The second kappa shape index (κ2) is 12.6. The maximum Gasteiger partial charge on any atom is 0.310 e. The molecule has 3 fully saturated rings. The molecule has 38 heavy (non-hydrogen) atoms. The van der Waals surface area contributed by atoms with Gasteiger partial charge in [0.25, 0.3) is 5.91 Å². The van der Waals surface area contributed by atoms with E-state index >= 15 is 0 Å². The number of thioether (sulfide) groups is 1. The molecule has 1 aromatic carbocycles. The summed E-state index contributed by atoms with van der Waals surface area (Å²) >= 11 is 11.8. The molecule has 3 unspecified atom stereocenters. The highest BCUT2D eigenvalue weighted by Crippen LogP contribution is 2.68. The lowest BCUT2D eigenvalue weighted by atomic mass is 9.71. The largest absolute Gasteiger partial charge is 0.465 e. The molecule has 2 amide bonds. The predicted molar refractivity (Wildman–Crippen MR) is 155 cm³/mol. The summed E-state index contributed by atoms with van der Waals surface area (Å²) in [5, 5.41) is 9.81. The summed E-state index contributed by atoms with van der Waals surface area (Å²) in [7, 11) is 0. The Balaban J connectivity index is 1.69. The average molecular weight is 626 g/mol. The van der Waals surface area contributed by atoms with Crippen molar-refractivity contribution in [2.24, 2.45) is 11.8 Å². The molecular weight excluding hydrogens is 592 g/mol. The van der Waals surface area contributed by atoms with Gasteiger partial charge in [-0.3, -0.25) is 14.4 Å². The number of carbonyl (C=O) groups excluding carboxylic acids is 3. The van der Waals surface area contributed by atoms with Gasteiger partial charge < -0.3 is 19.6 Å². The lowest BCUT2D eigenvalue weighted by Crippen LogP contribution is -2.55. The van der Waals surface area contributed by atoms with Crippen LogP contribution in [0.4, 0.5) is 5.69 Å². The van der Waals surface area contributed by atoms with Gasteiger partial charge in [0.15, 0.2) is 0 Å². The van der Waals surface area contributed by atoms with Crippen LogP contribution in [0.5, 0.6) is 0 Å². The molecule has 0 aliphatic carbocycles. The van der Waals surface area contributed by atoms with Crippen molar-refractivity contribution < 1.29 is 24.2 Å². The third-order valence-corrected chi connectivity index (χ3v) is 11.2. The van der Waals surface area contributed by atoms with E-state index in [1.807, 2.05) is 6.08 Å². The van der Waals surface area contributed by atoms with Crippen molar-refractivity contribution in [2.75, 3.05) is 31.2 Å². The molecule has 3 heterocycles. The number of anilines is 1. The first-order valence-electron chi connectivity index (χ1n) is 13.0. The van der Waals surface area contributed by atoms with Crippen molar-refractivity contribution in [1.82, 2.24) is 4.90 Å². The number of ether oxygens (including phenoxy) is 1. The molecule has 4 rings (SSSR count). The number of rotatable bonds is 13. The van der Waals surface area contributed by atoms with Crippen molar-refractivity contribution >= 4 is 62.8 Å². The quantitative estimate of drug-likeness (QED) is 0.149. The zero-order chi connectivity index (χ0) is 27.4. The molecule has 3 aliphatic heterocycles. The number of alkyl halides is 1. The van der Waals surface area contributed by atoms with Gasteiger partial charge in [-0.2, -0.15) is 0 Å². The van der Waals surface area contributed by atoms with Crippen molar-refractivity contribution in [1.29, 1.82) is 0 Å². The number of benzene rings is 1. The molecule has 1 aromatic rings. The fourth-order valence-corrected chi connectivity index (χ4v) is 9.91. The number of nitrogens with zero attached hydrogens (tertiary/aromatic N) is 2. The van der Waals surface area contributed by atoms with E-state index in [-0.39, 0.29) is 54.2 Å². The second-order valence-corrected chi connectivity index (χ2v) is 13.0. The number of hydrogen-bond donors (Lipinski definition) is 1. The smallest absolute Gasteiger partial charge is 0.310 e. The number of likely N-dealkylation sites (tertiary alicyclic amines) is 1. The number of fused-ring (bicyclic) bond motifs is 1. The zero-order valence-corrected chi connectivity index (χ0v) is 24.4. The molecule has 6 atom stereocenters. The Morgan fingerprint density at radius 3 is 2.71 bits per heavy atom. The number of aliphatic hydroxyl groups excluding tert-OH is 1. The lowest BCUT2D eigenvalue weighted by Gasteiger charge is -2.38. The Kier molecular flexibility index (Phi) is 9.66. The molecule has 3 saturated heterocycles. The van der Waals surface area contributed by atoms with Crippen LogP contribution in [0.15, 0.2) is 49.6 Å². The average Bonchev–Trinajstić information content (AvgIpc) is 3.49. The van der Waals surface area contributed by atoms with E-state index in [0.717, 1.165) is 19.3 Å². The highest BCUT2D eigenvalue weighted by atomic mass is 79.9. The van der Waals surface area contributed by atoms with E-state index in [9.17, 15) is 19.5 Å². The highest BCUT2D eigenvalue weighted by Gasteiger charge is 2.76. The fraction of sp³-hybridized carbons (Fsp3) is 0.536. The summed E-state index contributed by atoms with van der Waals surface area (Å²) in [6, 6.07) is 6.27. The number of para-hydroxylation sites is 1. The van der Waals surface area contributed by atoms with Gasteiger partial charge in [-0.05, 0) is 44.2 Å². The number of amides is 2. The van der Waals surface area contributed by atoms with Crippen molar-refractivity contribution in [2.45, 2.75) is 53.0 Å². The molecule has 0 radical (unpaired) electrons. The molecule has 10 heteroatoms. The molecule has 1 N–H and O–H groups in total. The molecule has 1 spiro atoms. The number of aliphatic hydroxyl groups is 1. The minimum Gasteiger partial charge on any atom is -0.465 e. The topological polar surface area (TPSA) is 87.2 Å². The number of allylic oxidation sites excluding steroid dienone is 1. The number of esters is 1. The summed E-state index contributed by atoms with van der Waals surface area (Å²) in [4.78, 5) is 44.9. The monoisotopic (exact) mass is 624 g/mol. The van der Waals surface area contributed by atoms with Crippen LogP contribution >= 0.6 is 39.3 Å². The van der Waals surface area contributed by atoms with E-state index in [1.54, 1.807) is 51.9 Å². The molecule has 7 nitrogen and oxygen atoms in total. The third kappa shape index (κ3) is 5.19. The minimum atomic E-state index is -0.816. The summed E-state index contributed by atoms with van der Waals surface area (Å²) in [6.45, 7) is 8.14. The van der Waals surface area contributed by atoms with Crippen LogP contribution in [0.3, 0.4) is 0 Å². The van der Waals surface area contributed by atoms with Crippen LogP contribution in [0.1, 0.15) is 32.1 Å². The van der Waals surface area contributed by atoms with Crippen molar-refractivity contribution in [3.8, 4) is 0 Å². The minimum absolute atomic E-state index is 0.0453. The van der Waals surface area contributed by atoms with Crippen molar-refractivity contribution in [3.63, 3.8) is 0 Å². The lowest BCUT2D eigenvalue weighted by molar-refractivity contribution is -0.154. The Morgan fingerprint density at radius 1 is 1.26 bits per heavy atom. The fourth-order valence-electron chi connectivity index (χ4n) is 6.07. The first-order valence-corrected chi connectivity index (χ1v) is 15.2. The van der Waals surface area contributed by atoms with Gasteiger partial charge in [0.05, 0.1) is 33.9 Å². The van der Waals surface area contributed by atoms with Crippen LogP contribution in [-0.2, 0) is 19.1 Å². The molecule has 206 valence electrons. The molecular formula is C28H34BrClN2O5S. The van der Waals surface area contributed by atoms with Gasteiger partial charge in [-0.25, -0.2) is 0 Å². The highest BCUT2D eigenvalue weighted by molar-refractivity contribution is 9.09. The summed E-state index contributed by atoms with van der Waals surface area (Å²) in [5.74, 6) is -2.19. The molecule has 3 aliphatic rings. The maximum atomic E-state index is 14.4. The van der Waals surface area contributed by atoms with Crippen LogP contribution in [-0.4, -0.2) is 75.0 Å². The van der Waals surface area contributed by atoms with E-state index in [1.165, 1.54) is 0 Å². The Bertz CT molecular complexity index is 1090. The zero-order valence-electron chi connectivity index (χ0n) is 21.3. The Hall–Kier alpha value is -1.81.